The summed E-state index contributed by atoms with van der Waals surface area (Å²) in [4.78, 5) is 0. The summed E-state index contributed by atoms with van der Waals surface area (Å²) < 4.78 is 10.9. The van der Waals surface area contributed by atoms with Gasteiger partial charge in [-0.25, -0.2) is 0 Å². The zero-order chi connectivity index (χ0) is 23.5. The first kappa shape index (κ1) is 23.7. The first-order valence-corrected chi connectivity index (χ1v) is 11.1. The van der Waals surface area contributed by atoms with Crippen LogP contribution >= 0.6 is 11.6 Å². The maximum atomic E-state index is 10.4. The fourth-order valence-electron chi connectivity index (χ4n) is 4.10. The molecule has 1 heterocycles. The highest BCUT2D eigenvalue weighted by molar-refractivity contribution is 6.31. The summed E-state index contributed by atoms with van der Waals surface area (Å²) in [6, 6.07) is 21.3. The second-order valence-electron chi connectivity index (χ2n) is 8.20. The molecule has 0 spiro atoms. The van der Waals surface area contributed by atoms with E-state index in [0.29, 0.717) is 17.0 Å². The molecule has 174 valence electrons. The fourth-order valence-corrected chi connectivity index (χ4v) is 4.29. The Morgan fingerprint density at radius 1 is 0.848 bits per heavy atom. The van der Waals surface area contributed by atoms with Crippen molar-refractivity contribution < 1.29 is 29.9 Å². The number of benzene rings is 3. The number of aliphatic hydroxyl groups is 4. The smallest absolute Gasteiger partial charge is 0.118 e. The summed E-state index contributed by atoms with van der Waals surface area (Å²) in [7, 11) is 1.64. The minimum Gasteiger partial charge on any atom is -0.497 e. The standard InChI is InChI=1S/C26H27ClO6/c1-32-20-9-6-17(7-10-20)16-4-2-15(3-5-16)12-19-13-18(8-11-21(19)27)26-25(31)24(30)23(29)22(14-28)33-26/h2-11,13,22-26,28-31H,12,14H2,1H3. The lowest BCUT2D eigenvalue weighted by molar-refractivity contribution is -0.231. The zero-order valence-corrected chi connectivity index (χ0v) is 18.9. The third kappa shape index (κ3) is 5.06. The number of ether oxygens (including phenoxy) is 2. The Morgan fingerprint density at radius 2 is 1.48 bits per heavy atom. The third-order valence-corrected chi connectivity index (χ3v) is 6.43. The Hall–Kier alpha value is -2.45. The normalized spacial score (nSPS) is 25.1. The van der Waals surface area contributed by atoms with Gasteiger partial charge in [-0.3, -0.25) is 0 Å². The zero-order valence-electron chi connectivity index (χ0n) is 18.1. The van der Waals surface area contributed by atoms with Gasteiger partial charge < -0.3 is 29.9 Å². The van der Waals surface area contributed by atoms with E-state index < -0.39 is 37.1 Å². The molecule has 7 heteroatoms. The summed E-state index contributed by atoms with van der Waals surface area (Å²) in [6.07, 6.45) is -5.44. The number of rotatable bonds is 6. The molecule has 5 atom stereocenters. The molecule has 0 saturated carbocycles. The molecule has 1 aliphatic heterocycles. The van der Waals surface area contributed by atoms with Crippen molar-refractivity contribution in [1.82, 2.24) is 0 Å². The third-order valence-electron chi connectivity index (χ3n) is 6.06. The van der Waals surface area contributed by atoms with E-state index in [-0.39, 0.29) is 0 Å². The van der Waals surface area contributed by atoms with Gasteiger partial charge in [0.1, 0.15) is 36.3 Å². The molecule has 1 saturated heterocycles. The highest BCUT2D eigenvalue weighted by Gasteiger charge is 2.44. The van der Waals surface area contributed by atoms with Crippen molar-refractivity contribution in [1.29, 1.82) is 0 Å². The van der Waals surface area contributed by atoms with Gasteiger partial charge in [0.2, 0.25) is 0 Å². The van der Waals surface area contributed by atoms with Crippen LogP contribution in [0.15, 0.2) is 66.7 Å². The van der Waals surface area contributed by atoms with Gasteiger partial charge in [-0.1, -0.05) is 60.1 Å². The molecule has 4 rings (SSSR count). The average molecular weight is 471 g/mol. The van der Waals surface area contributed by atoms with Crippen molar-refractivity contribution in [2.45, 2.75) is 36.9 Å². The van der Waals surface area contributed by atoms with Crippen LogP contribution < -0.4 is 4.74 Å². The Labute approximate surface area is 197 Å². The van der Waals surface area contributed by atoms with E-state index in [1.54, 1.807) is 19.2 Å². The Bertz CT molecular complexity index is 1070. The Kier molecular flexibility index (Phi) is 7.34. The van der Waals surface area contributed by atoms with Crippen LogP contribution in [0.5, 0.6) is 5.75 Å². The van der Waals surface area contributed by atoms with Gasteiger partial charge in [0.15, 0.2) is 0 Å². The molecule has 4 N–H and O–H groups in total. The topological polar surface area (TPSA) is 99.4 Å². The maximum absolute atomic E-state index is 10.4. The molecular formula is C26H27ClO6. The summed E-state index contributed by atoms with van der Waals surface area (Å²) in [5, 5.41) is 40.6. The van der Waals surface area contributed by atoms with Gasteiger partial charge in [-0.05, 0) is 52.4 Å². The SMILES string of the molecule is COc1ccc(-c2ccc(Cc3cc(C4OC(CO)C(O)C(O)C4O)ccc3Cl)cc2)cc1. The molecule has 3 aromatic rings. The van der Waals surface area contributed by atoms with Crippen LogP contribution in [0.1, 0.15) is 22.8 Å². The van der Waals surface area contributed by atoms with E-state index in [1.807, 2.05) is 54.6 Å². The lowest BCUT2D eigenvalue weighted by Gasteiger charge is -2.40. The number of hydrogen-bond donors (Lipinski definition) is 4. The van der Waals surface area contributed by atoms with Crippen molar-refractivity contribution in [2.75, 3.05) is 13.7 Å². The van der Waals surface area contributed by atoms with Crippen LogP contribution in [0.2, 0.25) is 5.02 Å². The molecule has 0 amide bonds. The van der Waals surface area contributed by atoms with E-state index in [2.05, 4.69) is 0 Å². The minimum atomic E-state index is -1.43. The summed E-state index contributed by atoms with van der Waals surface area (Å²) >= 11 is 6.44. The van der Waals surface area contributed by atoms with E-state index in [4.69, 9.17) is 21.1 Å². The van der Waals surface area contributed by atoms with Gasteiger partial charge in [-0.2, -0.15) is 0 Å². The van der Waals surface area contributed by atoms with E-state index in [1.165, 1.54) is 0 Å². The first-order chi connectivity index (χ1) is 15.9. The van der Waals surface area contributed by atoms with Crippen molar-refractivity contribution in [3.05, 3.63) is 88.4 Å². The van der Waals surface area contributed by atoms with Gasteiger partial charge in [-0.15, -0.1) is 0 Å². The predicted molar refractivity (Wildman–Crippen MR) is 125 cm³/mol. The highest BCUT2D eigenvalue weighted by atomic mass is 35.5. The number of halogens is 1. The molecule has 0 aliphatic carbocycles. The Balaban J connectivity index is 1.53. The van der Waals surface area contributed by atoms with Crippen LogP contribution in [0.4, 0.5) is 0 Å². The van der Waals surface area contributed by atoms with Gasteiger partial charge in [0.05, 0.1) is 13.7 Å². The van der Waals surface area contributed by atoms with Crippen LogP contribution in [0.25, 0.3) is 11.1 Å². The van der Waals surface area contributed by atoms with Crippen LogP contribution in [-0.2, 0) is 11.2 Å². The quantitative estimate of drug-likeness (QED) is 0.442. The monoisotopic (exact) mass is 470 g/mol. The van der Waals surface area contributed by atoms with Crippen molar-refractivity contribution in [3.63, 3.8) is 0 Å². The second kappa shape index (κ2) is 10.2. The van der Waals surface area contributed by atoms with E-state index in [0.717, 1.165) is 28.0 Å². The number of hydrogen-bond acceptors (Lipinski definition) is 6. The number of methoxy groups -OCH3 is 1. The first-order valence-electron chi connectivity index (χ1n) is 10.7. The van der Waals surface area contributed by atoms with E-state index >= 15 is 0 Å². The summed E-state index contributed by atoms with van der Waals surface area (Å²) in [5.74, 6) is 0.810. The van der Waals surface area contributed by atoms with Gasteiger partial charge in [0, 0.05) is 5.02 Å². The average Bonchev–Trinajstić information content (AvgIpc) is 2.85. The molecule has 5 unspecified atom stereocenters. The molecule has 33 heavy (non-hydrogen) atoms. The molecule has 6 nitrogen and oxygen atoms in total. The largest absolute Gasteiger partial charge is 0.497 e. The molecule has 1 fully saturated rings. The lowest BCUT2D eigenvalue weighted by Crippen LogP contribution is -2.55. The van der Waals surface area contributed by atoms with Crippen molar-refractivity contribution in [2.24, 2.45) is 0 Å². The fraction of sp³-hybridized carbons (Fsp3) is 0.308. The Morgan fingerprint density at radius 3 is 2.09 bits per heavy atom. The maximum Gasteiger partial charge on any atom is 0.118 e. The van der Waals surface area contributed by atoms with Crippen molar-refractivity contribution in [3.8, 4) is 16.9 Å². The van der Waals surface area contributed by atoms with Crippen LogP contribution in [0.3, 0.4) is 0 Å². The molecule has 1 aliphatic rings. The van der Waals surface area contributed by atoms with Crippen molar-refractivity contribution >= 4 is 11.6 Å². The lowest BCUT2D eigenvalue weighted by atomic mass is 9.90. The molecule has 0 radical (unpaired) electrons. The summed E-state index contributed by atoms with van der Waals surface area (Å²) in [6.45, 7) is -0.470. The summed E-state index contributed by atoms with van der Waals surface area (Å²) in [5.41, 5.74) is 4.68. The van der Waals surface area contributed by atoms with Gasteiger partial charge >= 0.3 is 0 Å². The van der Waals surface area contributed by atoms with Crippen LogP contribution in [-0.4, -0.2) is 58.6 Å². The predicted octanol–water partition coefficient (Wildman–Crippen LogP) is 3.12. The second-order valence-corrected chi connectivity index (χ2v) is 8.61. The van der Waals surface area contributed by atoms with E-state index in [9.17, 15) is 20.4 Å². The van der Waals surface area contributed by atoms with Crippen LogP contribution in [0, 0.1) is 0 Å². The number of aliphatic hydroxyl groups excluding tert-OH is 4. The minimum absolute atomic E-state index is 0.470. The molecule has 0 bridgehead atoms. The molecular weight excluding hydrogens is 444 g/mol. The molecule has 0 aromatic heterocycles. The molecule has 3 aromatic carbocycles. The van der Waals surface area contributed by atoms with Gasteiger partial charge in [0.25, 0.3) is 0 Å². The highest BCUT2D eigenvalue weighted by Crippen LogP contribution is 2.34.